The summed E-state index contributed by atoms with van der Waals surface area (Å²) in [6.45, 7) is 4.26. The lowest BCUT2D eigenvalue weighted by atomic mass is 10.0. The van der Waals surface area contributed by atoms with E-state index in [9.17, 15) is 9.59 Å². The molecule has 22 heavy (non-hydrogen) atoms. The Kier molecular flexibility index (Phi) is 3.66. The average Bonchev–Trinajstić information content (AvgIpc) is 2.87. The molecule has 1 aromatic heterocycles. The summed E-state index contributed by atoms with van der Waals surface area (Å²) in [6, 6.07) is 6.62. The Balaban J connectivity index is 1.79. The second kappa shape index (κ2) is 5.63. The van der Waals surface area contributed by atoms with E-state index in [-0.39, 0.29) is 5.91 Å². The van der Waals surface area contributed by atoms with Crippen LogP contribution in [-0.2, 0) is 17.8 Å². The Morgan fingerprint density at radius 1 is 1.36 bits per heavy atom. The number of benzene rings is 1. The summed E-state index contributed by atoms with van der Waals surface area (Å²) in [5.41, 5.74) is 2.47. The van der Waals surface area contributed by atoms with Crippen LogP contribution < -0.4 is 4.74 Å². The monoisotopic (exact) mass is 300 g/mol. The van der Waals surface area contributed by atoms with Crippen LogP contribution >= 0.6 is 0 Å². The van der Waals surface area contributed by atoms with Crippen LogP contribution in [-0.4, -0.2) is 28.5 Å². The number of ether oxygens (including phenoxy) is 1. The van der Waals surface area contributed by atoms with Gasteiger partial charge >= 0.3 is 5.97 Å². The van der Waals surface area contributed by atoms with Crippen LogP contribution in [0.15, 0.2) is 28.8 Å². The zero-order valence-electron chi connectivity index (χ0n) is 12.5. The lowest BCUT2D eigenvalue weighted by Crippen LogP contribution is -2.35. The molecule has 0 aliphatic carbocycles. The van der Waals surface area contributed by atoms with E-state index >= 15 is 0 Å². The van der Waals surface area contributed by atoms with E-state index in [4.69, 9.17) is 9.26 Å². The molecule has 6 heteroatoms. The topological polar surface area (TPSA) is 72.6 Å². The Morgan fingerprint density at radius 2 is 2.18 bits per heavy atom. The molecule has 1 aliphatic heterocycles. The SMILES string of the molecule is CC(=O)Oc1cccc(C(=O)N2CCc3c(C)noc3C2)c1. The van der Waals surface area contributed by atoms with Gasteiger partial charge in [-0.25, -0.2) is 0 Å². The molecule has 0 fully saturated rings. The molecule has 6 nitrogen and oxygen atoms in total. The molecule has 1 aliphatic rings. The van der Waals surface area contributed by atoms with Gasteiger partial charge in [-0.2, -0.15) is 0 Å². The summed E-state index contributed by atoms with van der Waals surface area (Å²) in [7, 11) is 0. The van der Waals surface area contributed by atoms with Crippen molar-refractivity contribution in [2.75, 3.05) is 6.54 Å². The van der Waals surface area contributed by atoms with Gasteiger partial charge in [-0.1, -0.05) is 11.2 Å². The fraction of sp³-hybridized carbons (Fsp3) is 0.312. The van der Waals surface area contributed by atoms with E-state index in [0.717, 1.165) is 23.4 Å². The van der Waals surface area contributed by atoms with Crippen LogP contribution in [0.1, 0.15) is 34.3 Å². The number of carbonyl (C=O) groups excluding carboxylic acids is 2. The largest absolute Gasteiger partial charge is 0.427 e. The zero-order valence-corrected chi connectivity index (χ0v) is 12.5. The van der Waals surface area contributed by atoms with Crippen LogP contribution in [0.3, 0.4) is 0 Å². The predicted octanol–water partition coefficient (Wildman–Crippen LogP) is 2.11. The molecule has 0 N–H and O–H groups in total. The highest BCUT2D eigenvalue weighted by Crippen LogP contribution is 2.24. The van der Waals surface area contributed by atoms with E-state index in [1.54, 1.807) is 29.2 Å². The first-order valence-corrected chi connectivity index (χ1v) is 7.06. The molecule has 114 valence electrons. The van der Waals surface area contributed by atoms with Crippen molar-refractivity contribution in [3.63, 3.8) is 0 Å². The first-order valence-electron chi connectivity index (χ1n) is 7.06. The van der Waals surface area contributed by atoms with Gasteiger partial charge in [0, 0.05) is 24.6 Å². The zero-order chi connectivity index (χ0) is 15.7. The van der Waals surface area contributed by atoms with Gasteiger partial charge in [0.1, 0.15) is 5.75 Å². The summed E-state index contributed by atoms with van der Waals surface area (Å²) in [5.74, 6) is 0.581. The number of esters is 1. The van der Waals surface area contributed by atoms with Crippen LogP contribution in [0.2, 0.25) is 0 Å². The second-order valence-corrected chi connectivity index (χ2v) is 5.27. The summed E-state index contributed by atoms with van der Waals surface area (Å²) >= 11 is 0. The van der Waals surface area contributed by atoms with Crippen molar-refractivity contribution < 1.29 is 18.8 Å². The number of amides is 1. The average molecular weight is 300 g/mol. The normalized spacial score (nSPS) is 13.6. The number of rotatable bonds is 2. The van der Waals surface area contributed by atoms with Crippen molar-refractivity contribution >= 4 is 11.9 Å². The van der Waals surface area contributed by atoms with Crippen molar-refractivity contribution in [3.05, 3.63) is 46.8 Å². The van der Waals surface area contributed by atoms with Crippen molar-refractivity contribution in [2.24, 2.45) is 0 Å². The van der Waals surface area contributed by atoms with Crippen molar-refractivity contribution in [2.45, 2.75) is 26.8 Å². The van der Waals surface area contributed by atoms with Crippen LogP contribution in [0.4, 0.5) is 0 Å². The molecule has 0 spiro atoms. The Morgan fingerprint density at radius 3 is 2.95 bits per heavy atom. The molecule has 0 unspecified atom stereocenters. The maximum Gasteiger partial charge on any atom is 0.308 e. The van der Waals surface area contributed by atoms with Gasteiger partial charge < -0.3 is 14.2 Å². The number of carbonyl (C=O) groups is 2. The maximum absolute atomic E-state index is 12.6. The molecule has 0 bridgehead atoms. The molecule has 0 radical (unpaired) electrons. The maximum atomic E-state index is 12.6. The minimum atomic E-state index is -0.413. The van der Waals surface area contributed by atoms with Gasteiger partial charge in [-0.05, 0) is 31.5 Å². The molecular weight excluding hydrogens is 284 g/mol. The van der Waals surface area contributed by atoms with Crippen LogP contribution in [0.5, 0.6) is 5.75 Å². The summed E-state index contributed by atoms with van der Waals surface area (Å²) in [4.78, 5) is 25.3. The molecule has 0 saturated heterocycles. The van der Waals surface area contributed by atoms with Gasteiger partial charge in [-0.3, -0.25) is 9.59 Å². The lowest BCUT2D eigenvalue weighted by Gasteiger charge is -2.25. The number of fused-ring (bicyclic) bond motifs is 1. The van der Waals surface area contributed by atoms with Crippen molar-refractivity contribution in [3.8, 4) is 5.75 Å². The highest BCUT2D eigenvalue weighted by Gasteiger charge is 2.26. The van der Waals surface area contributed by atoms with Crippen LogP contribution in [0.25, 0.3) is 0 Å². The smallest absolute Gasteiger partial charge is 0.308 e. The summed E-state index contributed by atoms with van der Waals surface area (Å²) in [6.07, 6.45) is 0.736. The van der Waals surface area contributed by atoms with Crippen LogP contribution in [0, 0.1) is 6.92 Å². The Bertz CT molecular complexity index is 735. The number of hydrogen-bond donors (Lipinski definition) is 0. The third-order valence-electron chi connectivity index (χ3n) is 3.66. The fourth-order valence-electron chi connectivity index (χ4n) is 2.59. The standard InChI is InChI=1S/C16H16N2O4/c1-10-14-6-7-18(9-15(14)22-17-10)16(20)12-4-3-5-13(8-12)21-11(2)19/h3-5,8H,6-7,9H2,1-2H3. The highest BCUT2D eigenvalue weighted by atomic mass is 16.5. The third-order valence-corrected chi connectivity index (χ3v) is 3.66. The van der Waals surface area contributed by atoms with Gasteiger partial charge in [0.2, 0.25) is 0 Å². The quantitative estimate of drug-likeness (QED) is 0.627. The number of aryl methyl sites for hydroxylation is 1. The molecule has 0 saturated carbocycles. The summed E-state index contributed by atoms with van der Waals surface area (Å²) < 4.78 is 10.3. The number of hydrogen-bond acceptors (Lipinski definition) is 5. The minimum absolute atomic E-state index is 0.117. The number of aromatic nitrogens is 1. The Labute approximate surface area is 127 Å². The van der Waals surface area contributed by atoms with E-state index in [0.29, 0.717) is 24.4 Å². The molecule has 3 rings (SSSR count). The van der Waals surface area contributed by atoms with Gasteiger partial charge in [0.15, 0.2) is 5.76 Å². The van der Waals surface area contributed by atoms with Gasteiger partial charge in [0.05, 0.1) is 12.2 Å². The molecular formula is C16H16N2O4. The van der Waals surface area contributed by atoms with Crippen molar-refractivity contribution in [1.29, 1.82) is 0 Å². The van der Waals surface area contributed by atoms with E-state index in [1.807, 2.05) is 6.92 Å². The van der Waals surface area contributed by atoms with Crippen molar-refractivity contribution in [1.82, 2.24) is 10.1 Å². The highest BCUT2D eigenvalue weighted by molar-refractivity contribution is 5.94. The molecule has 2 heterocycles. The van der Waals surface area contributed by atoms with E-state index in [2.05, 4.69) is 5.16 Å². The third kappa shape index (κ3) is 2.72. The fourth-order valence-corrected chi connectivity index (χ4v) is 2.59. The van der Waals surface area contributed by atoms with Gasteiger partial charge in [-0.15, -0.1) is 0 Å². The lowest BCUT2D eigenvalue weighted by molar-refractivity contribution is -0.131. The first kappa shape index (κ1) is 14.3. The molecule has 2 aromatic rings. The van der Waals surface area contributed by atoms with E-state index in [1.165, 1.54) is 6.92 Å². The van der Waals surface area contributed by atoms with E-state index < -0.39 is 5.97 Å². The number of nitrogens with zero attached hydrogens (tertiary/aromatic N) is 2. The second-order valence-electron chi connectivity index (χ2n) is 5.27. The Hall–Kier alpha value is -2.63. The molecule has 1 aromatic carbocycles. The molecule has 1 amide bonds. The first-order chi connectivity index (χ1) is 10.5. The predicted molar refractivity (Wildman–Crippen MR) is 77.4 cm³/mol. The minimum Gasteiger partial charge on any atom is -0.427 e. The molecule has 0 atom stereocenters. The van der Waals surface area contributed by atoms with Gasteiger partial charge in [0.25, 0.3) is 5.91 Å². The summed E-state index contributed by atoms with van der Waals surface area (Å²) in [5, 5.41) is 3.94.